The number of hydrogen-bond donors (Lipinski definition) is 2. The number of nitrogens with zero attached hydrogens (tertiary/aromatic N) is 1. The molecule has 1 aliphatic rings. The summed E-state index contributed by atoms with van der Waals surface area (Å²) in [7, 11) is 0. The van der Waals surface area contributed by atoms with Crippen LogP contribution in [0.3, 0.4) is 0 Å². The standard InChI is InChI=1S/C16H24N2O2/c1-11(2)18-9-12(3)15(10-18)17-8-13-5-4-6-14(7-13)16(19)20/h4-7,11-12,15,17H,8-10H2,1-3H3,(H,19,20). The van der Waals surface area contributed by atoms with E-state index in [9.17, 15) is 4.79 Å². The number of carboxylic acid groups (broad SMARTS) is 1. The smallest absolute Gasteiger partial charge is 0.335 e. The molecular weight excluding hydrogens is 252 g/mol. The first kappa shape index (κ1) is 15.0. The van der Waals surface area contributed by atoms with Crippen molar-refractivity contribution in [1.29, 1.82) is 0 Å². The monoisotopic (exact) mass is 276 g/mol. The summed E-state index contributed by atoms with van der Waals surface area (Å²) >= 11 is 0. The third kappa shape index (κ3) is 3.58. The maximum absolute atomic E-state index is 11.0. The van der Waals surface area contributed by atoms with E-state index in [0.29, 0.717) is 23.6 Å². The van der Waals surface area contributed by atoms with Crippen LogP contribution in [0.2, 0.25) is 0 Å². The van der Waals surface area contributed by atoms with Crippen molar-refractivity contribution in [3.63, 3.8) is 0 Å². The van der Waals surface area contributed by atoms with Crippen molar-refractivity contribution in [2.75, 3.05) is 13.1 Å². The zero-order chi connectivity index (χ0) is 14.7. The molecule has 2 rings (SSSR count). The van der Waals surface area contributed by atoms with Gasteiger partial charge < -0.3 is 10.4 Å². The van der Waals surface area contributed by atoms with E-state index in [1.807, 2.05) is 6.07 Å². The molecule has 20 heavy (non-hydrogen) atoms. The van der Waals surface area contributed by atoms with E-state index < -0.39 is 5.97 Å². The van der Waals surface area contributed by atoms with E-state index >= 15 is 0 Å². The van der Waals surface area contributed by atoms with Gasteiger partial charge in [-0.05, 0) is 37.5 Å². The van der Waals surface area contributed by atoms with Crippen molar-refractivity contribution in [3.8, 4) is 0 Å². The second kappa shape index (κ2) is 6.37. The van der Waals surface area contributed by atoms with Gasteiger partial charge in [0, 0.05) is 31.7 Å². The van der Waals surface area contributed by atoms with Crippen LogP contribution in [0.25, 0.3) is 0 Å². The fraction of sp³-hybridized carbons (Fsp3) is 0.562. The van der Waals surface area contributed by atoms with Crippen LogP contribution in [-0.2, 0) is 6.54 Å². The molecule has 2 N–H and O–H groups in total. The molecule has 1 heterocycles. The number of rotatable bonds is 5. The first-order chi connectivity index (χ1) is 9.47. The predicted molar refractivity (Wildman–Crippen MR) is 79.9 cm³/mol. The zero-order valence-electron chi connectivity index (χ0n) is 12.5. The Kier molecular flexibility index (Phi) is 4.78. The van der Waals surface area contributed by atoms with Crippen LogP contribution in [-0.4, -0.2) is 41.1 Å². The van der Waals surface area contributed by atoms with Crippen LogP contribution in [0.1, 0.15) is 36.7 Å². The minimum absolute atomic E-state index is 0.354. The second-order valence-corrected chi connectivity index (χ2v) is 6.02. The number of aromatic carboxylic acids is 1. The van der Waals surface area contributed by atoms with Crippen molar-refractivity contribution < 1.29 is 9.90 Å². The number of hydrogen-bond acceptors (Lipinski definition) is 3. The van der Waals surface area contributed by atoms with Gasteiger partial charge in [0.15, 0.2) is 0 Å². The molecule has 4 nitrogen and oxygen atoms in total. The first-order valence-corrected chi connectivity index (χ1v) is 7.27. The van der Waals surface area contributed by atoms with Crippen molar-refractivity contribution >= 4 is 5.97 Å². The van der Waals surface area contributed by atoms with Gasteiger partial charge in [-0.2, -0.15) is 0 Å². The van der Waals surface area contributed by atoms with Gasteiger partial charge >= 0.3 is 5.97 Å². The quantitative estimate of drug-likeness (QED) is 0.865. The van der Waals surface area contributed by atoms with Crippen molar-refractivity contribution in [3.05, 3.63) is 35.4 Å². The third-order valence-corrected chi connectivity index (χ3v) is 4.11. The number of nitrogens with one attached hydrogen (secondary N) is 1. The molecule has 1 saturated heterocycles. The SMILES string of the molecule is CC1CN(C(C)C)CC1NCc1cccc(C(=O)O)c1. The third-order valence-electron chi connectivity index (χ3n) is 4.11. The highest BCUT2D eigenvalue weighted by Crippen LogP contribution is 2.19. The lowest BCUT2D eigenvalue weighted by atomic mass is 10.1. The summed E-state index contributed by atoms with van der Waals surface area (Å²) in [6, 6.07) is 8.21. The summed E-state index contributed by atoms with van der Waals surface area (Å²) in [4.78, 5) is 13.4. The molecule has 1 fully saturated rings. The average Bonchev–Trinajstić information content (AvgIpc) is 2.78. The molecule has 0 saturated carbocycles. The first-order valence-electron chi connectivity index (χ1n) is 7.27. The Hall–Kier alpha value is -1.39. The molecule has 0 aliphatic carbocycles. The highest BCUT2D eigenvalue weighted by molar-refractivity contribution is 5.87. The van der Waals surface area contributed by atoms with Crippen LogP contribution in [0.15, 0.2) is 24.3 Å². The summed E-state index contributed by atoms with van der Waals surface area (Å²) in [6.45, 7) is 9.65. The van der Waals surface area contributed by atoms with Gasteiger partial charge in [-0.3, -0.25) is 4.90 Å². The van der Waals surface area contributed by atoms with Gasteiger partial charge in [0.05, 0.1) is 5.56 Å². The summed E-state index contributed by atoms with van der Waals surface area (Å²) in [6.07, 6.45) is 0. The molecule has 1 aromatic rings. The summed E-state index contributed by atoms with van der Waals surface area (Å²) < 4.78 is 0. The normalized spacial score (nSPS) is 23.4. The van der Waals surface area contributed by atoms with Gasteiger partial charge in [0.2, 0.25) is 0 Å². The van der Waals surface area contributed by atoms with E-state index in [1.54, 1.807) is 18.2 Å². The average molecular weight is 276 g/mol. The van der Waals surface area contributed by atoms with Crippen LogP contribution in [0.4, 0.5) is 0 Å². The number of benzene rings is 1. The molecule has 4 heteroatoms. The number of likely N-dealkylation sites (tertiary alicyclic amines) is 1. The van der Waals surface area contributed by atoms with Gasteiger partial charge in [-0.15, -0.1) is 0 Å². The summed E-state index contributed by atoms with van der Waals surface area (Å²) in [5.74, 6) is -0.243. The van der Waals surface area contributed by atoms with Gasteiger partial charge in [0.25, 0.3) is 0 Å². The fourth-order valence-electron chi connectivity index (χ4n) is 2.75. The molecular formula is C16H24N2O2. The Bertz CT molecular complexity index is 473. The Morgan fingerprint density at radius 2 is 2.20 bits per heavy atom. The van der Waals surface area contributed by atoms with Gasteiger partial charge in [0.1, 0.15) is 0 Å². The van der Waals surface area contributed by atoms with E-state index in [-0.39, 0.29) is 0 Å². The highest BCUT2D eigenvalue weighted by atomic mass is 16.4. The van der Waals surface area contributed by atoms with Gasteiger partial charge in [-0.25, -0.2) is 4.79 Å². The minimum atomic E-state index is -0.868. The molecule has 1 aromatic carbocycles. The highest BCUT2D eigenvalue weighted by Gasteiger charge is 2.30. The molecule has 110 valence electrons. The van der Waals surface area contributed by atoms with Crippen molar-refractivity contribution in [1.82, 2.24) is 10.2 Å². The molecule has 2 atom stereocenters. The van der Waals surface area contributed by atoms with E-state index in [0.717, 1.165) is 25.2 Å². The predicted octanol–water partition coefficient (Wildman–Crippen LogP) is 2.20. The second-order valence-electron chi connectivity index (χ2n) is 6.02. The largest absolute Gasteiger partial charge is 0.478 e. The molecule has 2 unspecified atom stereocenters. The van der Waals surface area contributed by atoms with Crippen LogP contribution in [0, 0.1) is 5.92 Å². The summed E-state index contributed by atoms with van der Waals surface area (Å²) in [5, 5.41) is 12.6. The number of carbonyl (C=O) groups is 1. The topological polar surface area (TPSA) is 52.6 Å². The lowest BCUT2D eigenvalue weighted by Gasteiger charge is -2.20. The van der Waals surface area contributed by atoms with Crippen LogP contribution in [0.5, 0.6) is 0 Å². The molecule has 0 bridgehead atoms. The van der Waals surface area contributed by atoms with E-state index in [2.05, 4.69) is 31.0 Å². The van der Waals surface area contributed by atoms with E-state index in [1.165, 1.54) is 0 Å². The molecule has 0 radical (unpaired) electrons. The zero-order valence-corrected chi connectivity index (χ0v) is 12.5. The Morgan fingerprint density at radius 1 is 1.45 bits per heavy atom. The summed E-state index contributed by atoms with van der Waals surface area (Å²) in [5.41, 5.74) is 1.38. The lowest BCUT2D eigenvalue weighted by molar-refractivity contribution is 0.0696. The Morgan fingerprint density at radius 3 is 2.80 bits per heavy atom. The Labute approximate surface area is 120 Å². The molecule has 0 amide bonds. The molecule has 1 aliphatic heterocycles. The van der Waals surface area contributed by atoms with Crippen LogP contribution >= 0.6 is 0 Å². The maximum Gasteiger partial charge on any atom is 0.335 e. The lowest BCUT2D eigenvalue weighted by Crippen LogP contribution is -2.36. The minimum Gasteiger partial charge on any atom is -0.478 e. The Balaban J connectivity index is 1.92. The molecule has 0 spiro atoms. The van der Waals surface area contributed by atoms with Crippen molar-refractivity contribution in [2.45, 2.75) is 39.4 Å². The molecule has 0 aromatic heterocycles. The van der Waals surface area contributed by atoms with Crippen LogP contribution < -0.4 is 5.32 Å². The maximum atomic E-state index is 11.0. The van der Waals surface area contributed by atoms with Gasteiger partial charge in [-0.1, -0.05) is 19.1 Å². The number of carboxylic acids is 1. The van der Waals surface area contributed by atoms with E-state index in [4.69, 9.17) is 5.11 Å². The van der Waals surface area contributed by atoms with Crippen molar-refractivity contribution in [2.24, 2.45) is 5.92 Å². The fourth-order valence-corrected chi connectivity index (χ4v) is 2.75.